The summed E-state index contributed by atoms with van der Waals surface area (Å²) in [6.45, 7) is 4.75. The monoisotopic (exact) mass is 496 g/mol. The normalized spacial score (nSPS) is 26.6. The van der Waals surface area contributed by atoms with Crippen molar-refractivity contribution in [3.05, 3.63) is 51.9 Å². The fourth-order valence-corrected chi connectivity index (χ4v) is 5.28. The van der Waals surface area contributed by atoms with E-state index < -0.39 is 35.6 Å². The molecular formula is C27H28O9. The SMILES string of the molecule is COc1cc2c(oc(=O)c3cc(C)cc(OC)c32)c2c([C@@H]3O[C@H](C)[C@H](O)[C@@](C)(O)[C@@H]3O)ccc(O)c12. The minimum Gasteiger partial charge on any atom is -0.507 e. The van der Waals surface area contributed by atoms with E-state index in [1.165, 1.54) is 33.3 Å². The summed E-state index contributed by atoms with van der Waals surface area (Å²) in [5, 5.41) is 45.0. The van der Waals surface area contributed by atoms with Crippen LogP contribution in [0.25, 0.3) is 32.5 Å². The number of rotatable bonds is 3. The van der Waals surface area contributed by atoms with Crippen LogP contribution < -0.4 is 15.1 Å². The third kappa shape index (κ3) is 3.35. The molecule has 9 nitrogen and oxygen atoms in total. The van der Waals surface area contributed by atoms with Crippen LogP contribution in [0.5, 0.6) is 17.2 Å². The third-order valence-electron chi connectivity index (χ3n) is 7.18. The number of aliphatic hydroxyl groups excluding tert-OH is 2. The Bertz CT molecular complexity index is 1570. The number of benzene rings is 3. The summed E-state index contributed by atoms with van der Waals surface area (Å²) in [6.07, 6.45) is -4.84. The maximum Gasteiger partial charge on any atom is 0.344 e. The Morgan fingerprint density at radius 2 is 1.61 bits per heavy atom. The number of phenolic OH excluding ortho intramolecular Hbond substituents is 1. The van der Waals surface area contributed by atoms with Gasteiger partial charge in [0.1, 0.15) is 46.7 Å². The van der Waals surface area contributed by atoms with Gasteiger partial charge in [-0.15, -0.1) is 0 Å². The van der Waals surface area contributed by atoms with Gasteiger partial charge in [-0.2, -0.15) is 0 Å². The number of aryl methyl sites for hydroxylation is 1. The van der Waals surface area contributed by atoms with Crippen molar-refractivity contribution in [2.75, 3.05) is 14.2 Å². The molecule has 2 heterocycles. The van der Waals surface area contributed by atoms with E-state index in [0.29, 0.717) is 33.2 Å². The predicted octanol–water partition coefficient (Wildman–Crippen LogP) is 3.06. The first kappa shape index (κ1) is 24.3. The maximum absolute atomic E-state index is 13.2. The molecule has 36 heavy (non-hydrogen) atoms. The lowest BCUT2D eigenvalue weighted by Crippen LogP contribution is -2.61. The van der Waals surface area contributed by atoms with Gasteiger partial charge in [0.25, 0.3) is 0 Å². The molecule has 190 valence electrons. The van der Waals surface area contributed by atoms with Crippen LogP contribution in [-0.2, 0) is 4.74 Å². The highest BCUT2D eigenvalue weighted by molar-refractivity contribution is 6.19. The molecule has 1 aliphatic rings. The summed E-state index contributed by atoms with van der Waals surface area (Å²) in [4.78, 5) is 13.2. The highest BCUT2D eigenvalue weighted by Gasteiger charge is 2.51. The van der Waals surface area contributed by atoms with Crippen LogP contribution >= 0.6 is 0 Å². The molecule has 1 fully saturated rings. The molecule has 0 bridgehead atoms. The van der Waals surface area contributed by atoms with Crippen LogP contribution in [0, 0.1) is 6.92 Å². The molecule has 1 aromatic heterocycles. The fourth-order valence-electron chi connectivity index (χ4n) is 5.28. The van der Waals surface area contributed by atoms with Crippen LogP contribution in [-0.4, -0.2) is 58.6 Å². The van der Waals surface area contributed by atoms with Crippen molar-refractivity contribution in [2.24, 2.45) is 0 Å². The summed E-state index contributed by atoms with van der Waals surface area (Å²) in [5.41, 5.74) is -1.22. The number of aromatic hydroxyl groups is 1. The van der Waals surface area contributed by atoms with Crippen LogP contribution in [0.3, 0.4) is 0 Å². The first-order chi connectivity index (χ1) is 17.0. The zero-order valence-electron chi connectivity index (χ0n) is 20.5. The van der Waals surface area contributed by atoms with Gasteiger partial charge in [0, 0.05) is 16.2 Å². The van der Waals surface area contributed by atoms with Crippen molar-refractivity contribution in [2.45, 2.75) is 50.8 Å². The fraction of sp³-hybridized carbons (Fsp3) is 0.370. The summed E-state index contributed by atoms with van der Waals surface area (Å²) < 4.78 is 23.0. The van der Waals surface area contributed by atoms with E-state index in [4.69, 9.17) is 18.6 Å². The van der Waals surface area contributed by atoms with Gasteiger partial charge in [-0.05, 0) is 56.2 Å². The van der Waals surface area contributed by atoms with Gasteiger partial charge in [-0.25, -0.2) is 4.79 Å². The smallest absolute Gasteiger partial charge is 0.344 e. The standard InChI is InChI=1S/C27H28O9/c1-11-8-15-19(17(9-11)33-4)14-10-18(34-5)21-16(28)7-6-13(20(21)22(14)36-26(15)31)23-25(30)27(3,32)24(29)12(2)35-23/h6-10,12,23-25,28-30,32H,1-5H3/t12-,23+,24+,25-,27-/m1/s1. The molecular weight excluding hydrogens is 468 g/mol. The number of hydrogen-bond acceptors (Lipinski definition) is 9. The topological polar surface area (TPSA) is 139 Å². The van der Waals surface area contributed by atoms with E-state index in [1.54, 1.807) is 25.1 Å². The van der Waals surface area contributed by atoms with E-state index in [1.807, 2.05) is 6.92 Å². The zero-order chi connectivity index (χ0) is 26.1. The van der Waals surface area contributed by atoms with E-state index in [-0.39, 0.29) is 22.1 Å². The molecule has 0 aliphatic carbocycles. The number of methoxy groups -OCH3 is 2. The van der Waals surface area contributed by atoms with Gasteiger partial charge in [0.15, 0.2) is 0 Å². The van der Waals surface area contributed by atoms with E-state index >= 15 is 0 Å². The van der Waals surface area contributed by atoms with Crippen molar-refractivity contribution in [1.82, 2.24) is 0 Å². The van der Waals surface area contributed by atoms with Crippen LogP contribution in [0.2, 0.25) is 0 Å². The number of phenols is 1. The second-order valence-electron chi connectivity index (χ2n) is 9.54. The van der Waals surface area contributed by atoms with Crippen molar-refractivity contribution in [3.63, 3.8) is 0 Å². The van der Waals surface area contributed by atoms with Crippen molar-refractivity contribution < 1.29 is 39.1 Å². The van der Waals surface area contributed by atoms with Gasteiger partial charge >= 0.3 is 5.63 Å². The second kappa shape index (κ2) is 8.35. The lowest BCUT2D eigenvalue weighted by molar-refractivity contribution is -0.261. The van der Waals surface area contributed by atoms with Gasteiger partial charge in [-0.1, -0.05) is 6.07 Å². The molecule has 4 N–H and O–H groups in total. The van der Waals surface area contributed by atoms with Crippen LogP contribution in [0.15, 0.2) is 39.5 Å². The average Bonchev–Trinajstić information content (AvgIpc) is 2.85. The first-order valence-electron chi connectivity index (χ1n) is 11.5. The molecule has 4 aromatic rings. The largest absolute Gasteiger partial charge is 0.507 e. The second-order valence-corrected chi connectivity index (χ2v) is 9.54. The lowest BCUT2D eigenvalue weighted by atomic mass is 9.80. The molecule has 1 saturated heterocycles. The van der Waals surface area contributed by atoms with Crippen LogP contribution in [0.4, 0.5) is 0 Å². The Hall–Kier alpha value is -3.37. The number of aliphatic hydroxyl groups is 3. The van der Waals surface area contributed by atoms with Gasteiger partial charge in [-0.3, -0.25) is 0 Å². The van der Waals surface area contributed by atoms with Crippen molar-refractivity contribution in [1.29, 1.82) is 0 Å². The molecule has 0 amide bonds. The minimum absolute atomic E-state index is 0.130. The van der Waals surface area contributed by atoms with E-state index in [9.17, 15) is 25.2 Å². The molecule has 5 atom stereocenters. The Balaban J connectivity index is 1.97. The number of ether oxygens (including phenoxy) is 3. The summed E-state index contributed by atoms with van der Waals surface area (Å²) in [7, 11) is 2.95. The van der Waals surface area contributed by atoms with Gasteiger partial charge in [0.05, 0.1) is 31.1 Å². The summed E-state index contributed by atoms with van der Waals surface area (Å²) in [5.74, 6) is 0.607. The highest BCUT2D eigenvalue weighted by atomic mass is 16.5. The molecule has 5 rings (SSSR count). The third-order valence-corrected chi connectivity index (χ3v) is 7.18. The summed E-state index contributed by atoms with van der Waals surface area (Å²) in [6, 6.07) is 8.11. The van der Waals surface area contributed by atoms with Gasteiger partial charge < -0.3 is 39.1 Å². The quantitative estimate of drug-likeness (QED) is 0.249. The maximum atomic E-state index is 13.2. The molecule has 3 aromatic carbocycles. The first-order valence-corrected chi connectivity index (χ1v) is 11.5. The van der Waals surface area contributed by atoms with Gasteiger partial charge in [0.2, 0.25) is 0 Å². The minimum atomic E-state index is -1.89. The summed E-state index contributed by atoms with van der Waals surface area (Å²) >= 11 is 0. The molecule has 0 spiro atoms. The zero-order valence-corrected chi connectivity index (χ0v) is 20.5. The van der Waals surface area contributed by atoms with E-state index in [0.717, 1.165) is 5.56 Å². The Labute approximate surface area is 206 Å². The Morgan fingerprint density at radius 3 is 2.28 bits per heavy atom. The molecule has 0 saturated carbocycles. The Kier molecular flexibility index (Phi) is 5.64. The molecule has 0 radical (unpaired) electrons. The Morgan fingerprint density at radius 1 is 0.944 bits per heavy atom. The molecule has 0 unspecified atom stereocenters. The van der Waals surface area contributed by atoms with Crippen molar-refractivity contribution in [3.8, 4) is 17.2 Å². The lowest BCUT2D eigenvalue weighted by Gasteiger charge is -2.46. The average molecular weight is 497 g/mol. The van der Waals surface area contributed by atoms with Crippen molar-refractivity contribution >= 4 is 32.5 Å². The predicted molar refractivity (Wildman–Crippen MR) is 133 cm³/mol. The van der Waals surface area contributed by atoms with E-state index in [2.05, 4.69) is 0 Å². The molecule has 1 aliphatic heterocycles. The number of fused-ring (bicyclic) bond motifs is 5. The molecule has 9 heteroatoms. The number of hydrogen-bond donors (Lipinski definition) is 4. The van der Waals surface area contributed by atoms with Crippen LogP contribution in [0.1, 0.15) is 31.1 Å². The highest BCUT2D eigenvalue weighted by Crippen LogP contribution is 2.48.